The van der Waals surface area contributed by atoms with E-state index in [0.717, 1.165) is 62.3 Å². The number of nitrogens with zero attached hydrogens (tertiary/aromatic N) is 4. The van der Waals surface area contributed by atoms with E-state index in [-0.39, 0.29) is 5.57 Å². The van der Waals surface area contributed by atoms with Gasteiger partial charge in [0.15, 0.2) is 11.5 Å². The Kier molecular flexibility index (Phi) is 16.5. The van der Waals surface area contributed by atoms with Crippen molar-refractivity contribution in [1.29, 1.82) is 5.26 Å². The Labute approximate surface area is 432 Å². The zero-order valence-corrected chi connectivity index (χ0v) is 39.9. The molecule has 0 bridgehead atoms. The van der Waals surface area contributed by atoms with Crippen LogP contribution in [-0.4, -0.2) is 35.0 Å². The van der Waals surface area contributed by atoms with E-state index in [1.54, 1.807) is 30.3 Å². The molecule has 0 saturated carbocycles. The number of carboxylic acid groups (broad SMARTS) is 2. The van der Waals surface area contributed by atoms with Crippen LogP contribution in [0, 0.1) is 41.6 Å². The number of benzene rings is 8. The molecule has 0 saturated heterocycles. The summed E-state index contributed by atoms with van der Waals surface area (Å²) in [6.45, 7) is 5.56. The second-order valence-electron chi connectivity index (χ2n) is 16.2. The lowest BCUT2D eigenvalue weighted by atomic mass is 10.1. The molecule has 75 heavy (non-hydrogen) atoms. The third kappa shape index (κ3) is 13.4. The van der Waals surface area contributed by atoms with Crippen molar-refractivity contribution in [3.63, 3.8) is 0 Å². The van der Waals surface area contributed by atoms with Gasteiger partial charge in [-0.05, 0) is 133 Å². The molecule has 2 heterocycles. The second-order valence-corrected chi connectivity index (χ2v) is 16.2. The standard InChI is InChI=1S/C32H20N2O3.C29H19NO2.C3H3NO2/c33-22-26(32(35)36)19-24-11-15-25-21-30(37-31(25)20-24)18-14-23-12-16-29(17-13-23)34(27-7-3-1-4-8-27)28-9-5-2-6-10-28;31-21-23-11-15-24-20-28(32-29(24)19-23)18-14-22-12-16-27(17-13-22)30(25-7-3-1-4-8-25)26-9-5-2-6-10-26;1-4-2-3(5)6/h1-13,15-17,19-21H,(H,35,36);1-13,15-17,19-21H;2H2,(H,5,6)/b26-19-;;. The number of hydrogen-bond donors (Lipinski definition) is 2. The number of nitriles is 1. The van der Waals surface area contributed by atoms with Gasteiger partial charge in [0.2, 0.25) is 0 Å². The van der Waals surface area contributed by atoms with Gasteiger partial charge >= 0.3 is 18.5 Å². The molecule has 2 aromatic heterocycles. The molecule has 11 heteroatoms. The quantitative estimate of drug-likeness (QED) is 0.0445. The van der Waals surface area contributed by atoms with Gasteiger partial charge in [-0.15, -0.1) is 0 Å². The van der Waals surface area contributed by atoms with Crippen LogP contribution in [0.15, 0.2) is 233 Å². The molecule has 0 atom stereocenters. The summed E-state index contributed by atoms with van der Waals surface area (Å²) >= 11 is 0. The number of hydrogen-bond acceptors (Lipinski definition) is 8. The predicted molar refractivity (Wildman–Crippen MR) is 292 cm³/mol. The average Bonchev–Trinajstić information content (AvgIpc) is 4.06. The summed E-state index contributed by atoms with van der Waals surface area (Å²) < 4.78 is 11.6. The van der Waals surface area contributed by atoms with Crippen LogP contribution < -0.4 is 9.80 Å². The van der Waals surface area contributed by atoms with Crippen LogP contribution in [0.25, 0.3) is 32.9 Å². The molecular formula is C64H42N4O7. The first-order chi connectivity index (χ1) is 36.7. The Bertz CT molecular complexity index is 3770. The van der Waals surface area contributed by atoms with Gasteiger partial charge in [-0.1, -0.05) is 109 Å². The van der Waals surface area contributed by atoms with E-state index in [9.17, 15) is 14.4 Å². The normalized spacial score (nSPS) is 10.3. The molecule has 10 rings (SSSR count). The summed E-state index contributed by atoms with van der Waals surface area (Å²) in [4.78, 5) is 38.4. The minimum atomic E-state index is -1.27. The van der Waals surface area contributed by atoms with E-state index in [1.807, 2.05) is 133 Å². The number of carbonyl (C=O) groups is 3. The third-order valence-corrected chi connectivity index (χ3v) is 11.1. The first kappa shape index (κ1) is 50.3. The summed E-state index contributed by atoms with van der Waals surface area (Å²) in [5.74, 6) is 11.2. The molecular weight excluding hydrogens is 937 g/mol. The minimum Gasteiger partial charge on any atom is -0.477 e. The van der Waals surface area contributed by atoms with Gasteiger partial charge < -0.3 is 33.7 Å². The molecule has 0 radical (unpaired) electrons. The topological polar surface area (TPSA) is 153 Å². The van der Waals surface area contributed by atoms with E-state index in [4.69, 9.17) is 30.9 Å². The van der Waals surface area contributed by atoms with Crippen LogP contribution in [0.4, 0.5) is 34.1 Å². The van der Waals surface area contributed by atoms with Crippen molar-refractivity contribution in [3.8, 4) is 29.8 Å². The van der Waals surface area contributed by atoms with Crippen molar-refractivity contribution in [2.45, 2.75) is 0 Å². The first-order valence-electron chi connectivity index (χ1n) is 23.1. The van der Waals surface area contributed by atoms with Crippen molar-refractivity contribution in [2.75, 3.05) is 16.3 Å². The fourth-order valence-electron chi connectivity index (χ4n) is 7.62. The summed E-state index contributed by atoms with van der Waals surface area (Å²) in [7, 11) is 0. The second kappa shape index (κ2) is 24.6. The smallest absolute Gasteiger partial charge is 0.384 e. The lowest BCUT2D eigenvalue weighted by Gasteiger charge is -2.25. The minimum absolute atomic E-state index is 0.340. The Morgan fingerprint density at radius 3 is 1.21 bits per heavy atom. The summed E-state index contributed by atoms with van der Waals surface area (Å²) in [5, 5.41) is 27.5. The molecule has 0 unspecified atom stereocenters. The fourth-order valence-corrected chi connectivity index (χ4v) is 7.62. The molecule has 8 aromatic carbocycles. The Morgan fingerprint density at radius 2 is 0.880 bits per heavy atom. The van der Waals surface area contributed by atoms with Crippen molar-refractivity contribution < 1.29 is 33.4 Å². The molecule has 2 N–H and O–H groups in total. The highest BCUT2D eigenvalue weighted by atomic mass is 16.4. The summed E-state index contributed by atoms with van der Waals surface area (Å²) in [5.41, 5.74) is 10.2. The van der Waals surface area contributed by atoms with E-state index in [2.05, 4.69) is 99.0 Å². The van der Waals surface area contributed by atoms with Crippen molar-refractivity contribution in [1.82, 2.24) is 0 Å². The number of furan rings is 2. The number of rotatable bonds is 10. The molecule has 0 aliphatic carbocycles. The Balaban J connectivity index is 0.000000181. The van der Waals surface area contributed by atoms with Crippen LogP contribution in [0.3, 0.4) is 0 Å². The van der Waals surface area contributed by atoms with Crippen molar-refractivity contribution in [2.24, 2.45) is 0 Å². The zero-order valence-electron chi connectivity index (χ0n) is 39.9. The van der Waals surface area contributed by atoms with Gasteiger partial charge in [0.1, 0.15) is 29.1 Å². The van der Waals surface area contributed by atoms with Crippen molar-refractivity contribution in [3.05, 3.63) is 269 Å². The van der Waals surface area contributed by atoms with Crippen molar-refractivity contribution >= 4 is 80.4 Å². The van der Waals surface area contributed by atoms with E-state index >= 15 is 0 Å². The van der Waals surface area contributed by atoms with Crippen LogP contribution in [0.2, 0.25) is 0 Å². The molecule has 360 valence electrons. The molecule has 11 nitrogen and oxygen atoms in total. The number of para-hydroxylation sites is 4. The number of aldehydes is 1. The lowest BCUT2D eigenvalue weighted by Crippen LogP contribution is -2.09. The number of carbonyl (C=O) groups excluding carboxylic acids is 1. The first-order valence-corrected chi connectivity index (χ1v) is 23.1. The van der Waals surface area contributed by atoms with Gasteiger partial charge in [0.25, 0.3) is 0 Å². The molecule has 0 aliphatic heterocycles. The van der Waals surface area contributed by atoms with Gasteiger partial charge in [-0.25, -0.2) is 16.2 Å². The molecule has 0 amide bonds. The predicted octanol–water partition coefficient (Wildman–Crippen LogP) is 14.4. The monoisotopic (exact) mass is 978 g/mol. The molecule has 0 spiro atoms. The van der Waals surface area contributed by atoms with Crippen LogP contribution in [-0.2, 0) is 9.59 Å². The molecule has 10 aromatic rings. The maximum absolute atomic E-state index is 11.1. The van der Waals surface area contributed by atoms with E-state index in [0.29, 0.717) is 33.8 Å². The zero-order chi connectivity index (χ0) is 52.4. The third-order valence-electron chi connectivity index (χ3n) is 11.1. The Morgan fingerprint density at radius 1 is 0.507 bits per heavy atom. The van der Waals surface area contributed by atoms with Gasteiger partial charge in [-0.2, -0.15) is 5.26 Å². The number of fused-ring (bicyclic) bond motifs is 2. The van der Waals surface area contributed by atoms with Gasteiger partial charge in [0.05, 0.1) is 0 Å². The summed E-state index contributed by atoms with van der Waals surface area (Å²) in [6, 6.07) is 73.1. The van der Waals surface area contributed by atoms with Crippen LogP contribution >= 0.6 is 0 Å². The maximum Gasteiger partial charge on any atom is 0.384 e. The fraction of sp³-hybridized carbons (Fsp3) is 0.0156. The van der Waals surface area contributed by atoms with E-state index < -0.39 is 18.5 Å². The Hall–Kier alpha value is -11.1. The van der Waals surface area contributed by atoms with E-state index in [1.165, 1.54) is 6.08 Å². The highest BCUT2D eigenvalue weighted by Crippen LogP contribution is 2.35. The highest BCUT2D eigenvalue weighted by molar-refractivity contribution is 5.97. The van der Waals surface area contributed by atoms with Crippen LogP contribution in [0.5, 0.6) is 0 Å². The summed E-state index contributed by atoms with van der Waals surface area (Å²) in [6.07, 6.45) is 2.12. The SMILES string of the molecule is N#C/C(=C/c1ccc2cc(C#Cc3ccc(N(c4ccccc4)c4ccccc4)cc3)oc2c1)C(=O)O.O=Cc1ccc2cc(C#Cc3ccc(N(c4ccccc4)c4ccccc4)cc3)oc2c1.[C-]#[N+]CC(=O)O. The average molecular weight is 979 g/mol. The number of aliphatic carboxylic acids is 2. The van der Waals surface area contributed by atoms with Gasteiger partial charge in [0, 0.05) is 73.7 Å². The highest BCUT2D eigenvalue weighted by Gasteiger charge is 2.14. The lowest BCUT2D eigenvalue weighted by molar-refractivity contribution is -0.135. The number of anilines is 6. The van der Waals surface area contributed by atoms with Crippen LogP contribution in [0.1, 0.15) is 38.6 Å². The van der Waals surface area contributed by atoms with Gasteiger partial charge in [-0.3, -0.25) is 4.79 Å². The molecule has 0 aliphatic rings. The number of carboxylic acids is 2. The maximum atomic E-state index is 11.1. The largest absolute Gasteiger partial charge is 0.477 e. The molecule has 0 fully saturated rings.